The third-order valence-electron chi connectivity index (χ3n) is 4.32. The smallest absolute Gasteiger partial charge is 0.0621 e. The molecule has 0 unspecified atom stereocenters. The summed E-state index contributed by atoms with van der Waals surface area (Å²) in [4.78, 5) is 4.08. The zero-order valence-electron chi connectivity index (χ0n) is 12.3. The quantitative estimate of drug-likeness (QED) is 0.783. The predicted octanol–water partition coefficient (Wildman–Crippen LogP) is 3.46. The van der Waals surface area contributed by atoms with E-state index in [0.717, 1.165) is 31.1 Å². The SMILES string of the molecule is COCCNCC1(Cc2ccncc2Cl)CCCCC1. The minimum absolute atomic E-state index is 0.344. The Balaban J connectivity index is 2.01. The molecule has 1 aromatic heterocycles. The van der Waals surface area contributed by atoms with E-state index in [1.165, 1.54) is 37.7 Å². The summed E-state index contributed by atoms with van der Waals surface area (Å²) in [5, 5.41) is 4.35. The lowest BCUT2D eigenvalue weighted by Gasteiger charge is -2.38. The van der Waals surface area contributed by atoms with E-state index in [1.807, 2.05) is 6.20 Å². The van der Waals surface area contributed by atoms with E-state index >= 15 is 0 Å². The van der Waals surface area contributed by atoms with Gasteiger partial charge >= 0.3 is 0 Å². The van der Waals surface area contributed by atoms with Gasteiger partial charge in [0.15, 0.2) is 0 Å². The summed E-state index contributed by atoms with van der Waals surface area (Å²) < 4.78 is 5.11. The molecule has 1 saturated carbocycles. The van der Waals surface area contributed by atoms with E-state index in [2.05, 4.69) is 16.4 Å². The van der Waals surface area contributed by atoms with Gasteiger partial charge in [0.05, 0.1) is 11.6 Å². The van der Waals surface area contributed by atoms with Crippen molar-refractivity contribution in [3.8, 4) is 0 Å². The number of methoxy groups -OCH3 is 1. The van der Waals surface area contributed by atoms with Crippen molar-refractivity contribution in [3.63, 3.8) is 0 Å². The number of halogens is 1. The predicted molar refractivity (Wildman–Crippen MR) is 83.2 cm³/mol. The van der Waals surface area contributed by atoms with Crippen LogP contribution in [0.5, 0.6) is 0 Å². The molecule has 0 atom stereocenters. The second-order valence-electron chi connectivity index (χ2n) is 5.87. The number of hydrogen-bond acceptors (Lipinski definition) is 3. The van der Waals surface area contributed by atoms with Gasteiger partial charge in [0.25, 0.3) is 0 Å². The fraction of sp³-hybridized carbons (Fsp3) is 0.688. The zero-order chi connectivity index (χ0) is 14.3. The van der Waals surface area contributed by atoms with E-state index in [-0.39, 0.29) is 0 Å². The van der Waals surface area contributed by atoms with E-state index in [9.17, 15) is 0 Å². The molecule has 0 amide bonds. The molecule has 0 saturated heterocycles. The van der Waals surface area contributed by atoms with Crippen LogP contribution < -0.4 is 5.32 Å². The van der Waals surface area contributed by atoms with Gasteiger partial charge in [0.1, 0.15) is 0 Å². The average molecular weight is 297 g/mol. The van der Waals surface area contributed by atoms with Gasteiger partial charge < -0.3 is 10.1 Å². The van der Waals surface area contributed by atoms with Crippen LogP contribution >= 0.6 is 11.6 Å². The number of nitrogens with one attached hydrogen (secondary N) is 1. The molecule has 1 heterocycles. The summed E-state index contributed by atoms with van der Waals surface area (Å²) in [5.74, 6) is 0. The van der Waals surface area contributed by atoms with Crippen molar-refractivity contribution >= 4 is 11.6 Å². The number of ether oxygens (including phenoxy) is 1. The van der Waals surface area contributed by atoms with Crippen LogP contribution in [0.4, 0.5) is 0 Å². The summed E-state index contributed by atoms with van der Waals surface area (Å²) in [5.41, 5.74) is 1.58. The van der Waals surface area contributed by atoms with Crippen molar-refractivity contribution in [3.05, 3.63) is 29.0 Å². The third kappa shape index (κ3) is 4.44. The van der Waals surface area contributed by atoms with E-state index in [4.69, 9.17) is 16.3 Å². The fourth-order valence-electron chi connectivity index (χ4n) is 3.20. The van der Waals surface area contributed by atoms with Gasteiger partial charge in [-0.1, -0.05) is 30.9 Å². The lowest BCUT2D eigenvalue weighted by Crippen LogP contribution is -2.39. The van der Waals surface area contributed by atoms with Crippen LogP contribution in [0, 0.1) is 5.41 Å². The Labute approximate surface area is 127 Å². The molecule has 112 valence electrons. The molecule has 0 aromatic carbocycles. The lowest BCUT2D eigenvalue weighted by atomic mass is 9.70. The van der Waals surface area contributed by atoms with Gasteiger partial charge in [0.2, 0.25) is 0 Å². The average Bonchev–Trinajstić information content (AvgIpc) is 2.47. The monoisotopic (exact) mass is 296 g/mol. The topological polar surface area (TPSA) is 34.1 Å². The van der Waals surface area contributed by atoms with Crippen LogP contribution in [0.15, 0.2) is 18.5 Å². The maximum atomic E-state index is 6.29. The minimum Gasteiger partial charge on any atom is -0.383 e. The van der Waals surface area contributed by atoms with E-state index < -0.39 is 0 Å². The lowest BCUT2D eigenvalue weighted by molar-refractivity contribution is 0.162. The first-order valence-electron chi connectivity index (χ1n) is 7.54. The summed E-state index contributed by atoms with van der Waals surface area (Å²) in [6.45, 7) is 2.74. The summed E-state index contributed by atoms with van der Waals surface area (Å²) >= 11 is 6.29. The third-order valence-corrected chi connectivity index (χ3v) is 4.66. The number of hydrogen-bond donors (Lipinski definition) is 1. The Morgan fingerprint density at radius 1 is 1.35 bits per heavy atom. The Bertz CT molecular complexity index is 405. The summed E-state index contributed by atoms with van der Waals surface area (Å²) in [6.07, 6.45) is 11.2. The van der Waals surface area contributed by atoms with Crippen molar-refractivity contribution < 1.29 is 4.74 Å². The number of aromatic nitrogens is 1. The van der Waals surface area contributed by atoms with Gasteiger partial charge in [-0.3, -0.25) is 4.98 Å². The molecule has 1 aliphatic rings. The van der Waals surface area contributed by atoms with E-state index in [1.54, 1.807) is 13.3 Å². The molecule has 1 fully saturated rings. The van der Waals surface area contributed by atoms with Crippen molar-refractivity contribution in [2.75, 3.05) is 26.8 Å². The first-order chi connectivity index (χ1) is 9.76. The molecule has 0 bridgehead atoms. The molecule has 4 heteroatoms. The number of nitrogens with zero attached hydrogens (tertiary/aromatic N) is 1. The molecule has 20 heavy (non-hydrogen) atoms. The van der Waals surface area contributed by atoms with Gasteiger partial charge in [-0.05, 0) is 36.3 Å². The fourth-order valence-corrected chi connectivity index (χ4v) is 3.38. The van der Waals surface area contributed by atoms with Crippen LogP contribution in [0.3, 0.4) is 0 Å². The second kappa shape index (κ2) is 7.96. The van der Waals surface area contributed by atoms with Gasteiger partial charge in [-0.15, -0.1) is 0 Å². The molecule has 0 spiro atoms. The van der Waals surface area contributed by atoms with Gasteiger partial charge in [-0.25, -0.2) is 0 Å². The Morgan fingerprint density at radius 2 is 2.15 bits per heavy atom. The van der Waals surface area contributed by atoms with Crippen LogP contribution in [0.1, 0.15) is 37.7 Å². The van der Waals surface area contributed by atoms with Crippen molar-refractivity contribution in [1.82, 2.24) is 10.3 Å². The highest BCUT2D eigenvalue weighted by Gasteiger charge is 2.32. The molecule has 2 rings (SSSR count). The van der Waals surface area contributed by atoms with Crippen molar-refractivity contribution in [2.24, 2.45) is 5.41 Å². The van der Waals surface area contributed by atoms with Crippen molar-refractivity contribution in [2.45, 2.75) is 38.5 Å². The largest absolute Gasteiger partial charge is 0.383 e. The first-order valence-corrected chi connectivity index (χ1v) is 7.92. The molecule has 3 nitrogen and oxygen atoms in total. The Morgan fingerprint density at radius 3 is 2.85 bits per heavy atom. The highest BCUT2D eigenvalue weighted by molar-refractivity contribution is 6.31. The number of rotatable bonds is 7. The molecular weight excluding hydrogens is 272 g/mol. The molecule has 0 radical (unpaired) electrons. The Hall–Kier alpha value is -0.640. The summed E-state index contributed by atoms with van der Waals surface area (Å²) in [7, 11) is 1.74. The van der Waals surface area contributed by atoms with Crippen molar-refractivity contribution in [1.29, 1.82) is 0 Å². The highest BCUT2D eigenvalue weighted by Crippen LogP contribution is 2.39. The van der Waals surface area contributed by atoms with E-state index in [0.29, 0.717) is 5.41 Å². The molecule has 0 aliphatic heterocycles. The highest BCUT2D eigenvalue weighted by atomic mass is 35.5. The molecule has 1 aromatic rings. The van der Waals surface area contributed by atoms with Gasteiger partial charge in [-0.2, -0.15) is 0 Å². The maximum absolute atomic E-state index is 6.29. The van der Waals surface area contributed by atoms with Gasteiger partial charge in [0, 0.05) is 32.6 Å². The normalized spacial score (nSPS) is 18.1. The second-order valence-corrected chi connectivity index (χ2v) is 6.28. The molecular formula is C16H25ClN2O. The maximum Gasteiger partial charge on any atom is 0.0621 e. The van der Waals surface area contributed by atoms with Crippen LogP contribution in [0.25, 0.3) is 0 Å². The first kappa shape index (κ1) is 15.7. The van der Waals surface area contributed by atoms with Crippen LogP contribution in [-0.2, 0) is 11.2 Å². The summed E-state index contributed by atoms with van der Waals surface area (Å²) in [6, 6.07) is 2.06. The Kier molecular flexibility index (Phi) is 6.27. The zero-order valence-corrected chi connectivity index (χ0v) is 13.1. The number of pyridine rings is 1. The van der Waals surface area contributed by atoms with Crippen LogP contribution in [-0.4, -0.2) is 31.8 Å². The van der Waals surface area contributed by atoms with Crippen LogP contribution in [0.2, 0.25) is 5.02 Å². The molecule has 1 aliphatic carbocycles. The molecule has 1 N–H and O–H groups in total. The minimum atomic E-state index is 0.344. The standard InChI is InChI=1S/C16H25ClN2O/c1-20-10-9-19-13-16(6-3-2-4-7-16)11-14-5-8-18-12-15(14)17/h5,8,12,19H,2-4,6-7,9-11,13H2,1H3.